The molecule has 4 bridgehead atoms. The highest BCUT2D eigenvalue weighted by atomic mass is 16.6. The summed E-state index contributed by atoms with van der Waals surface area (Å²) in [6.45, 7) is 3.75. The third kappa shape index (κ3) is 4.18. The van der Waals surface area contributed by atoms with Gasteiger partial charge in [-0.2, -0.15) is 0 Å². The van der Waals surface area contributed by atoms with Crippen LogP contribution >= 0.6 is 0 Å². The van der Waals surface area contributed by atoms with Crippen molar-refractivity contribution in [3.63, 3.8) is 0 Å². The topological polar surface area (TPSA) is 60.5 Å². The molecule has 7 nitrogen and oxygen atoms in total. The summed E-state index contributed by atoms with van der Waals surface area (Å²) >= 11 is 0. The average molecular weight is 613 g/mol. The van der Waals surface area contributed by atoms with E-state index in [0.29, 0.717) is 23.1 Å². The smallest absolute Gasteiger partial charge is 0.307 e. The lowest BCUT2D eigenvalue weighted by Crippen LogP contribution is -2.63. The minimum absolute atomic E-state index is 0.103. The van der Waals surface area contributed by atoms with Gasteiger partial charge in [-0.15, -0.1) is 0 Å². The van der Waals surface area contributed by atoms with Crippen LogP contribution in [0.2, 0.25) is 0 Å². The number of ether oxygens (including phenoxy) is 4. The molecule has 7 aliphatic rings. The van der Waals surface area contributed by atoms with Crippen molar-refractivity contribution in [3.8, 4) is 17.2 Å². The Bertz CT molecular complexity index is 1550. The molecule has 1 saturated carbocycles. The van der Waals surface area contributed by atoms with E-state index < -0.39 is 0 Å². The Balaban J connectivity index is 0.000000137. The highest BCUT2D eigenvalue weighted by Crippen LogP contribution is 2.64. The summed E-state index contributed by atoms with van der Waals surface area (Å²) in [6.07, 6.45) is 13.1. The number of carbonyl (C=O) groups excluding carboxylic acids is 1. The molecule has 4 aliphatic carbocycles. The van der Waals surface area contributed by atoms with Gasteiger partial charge in [-0.3, -0.25) is 4.79 Å². The Morgan fingerprint density at radius 3 is 2.44 bits per heavy atom. The molecule has 0 aromatic heterocycles. The molecule has 3 aliphatic heterocycles. The lowest BCUT2D eigenvalue weighted by molar-refractivity contribution is -0.140. The summed E-state index contributed by atoms with van der Waals surface area (Å²) in [5, 5.41) is 0. The van der Waals surface area contributed by atoms with Crippen LogP contribution in [0, 0.1) is 11.8 Å². The molecular weight excluding hydrogens is 564 g/mol. The normalized spacial score (nSPS) is 35.3. The monoisotopic (exact) mass is 612 g/mol. The zero-order valence-corrected chi connectivity index (χ0v) is 27.6. The first-order valence-corrected chi connectivity index (χ1v) is 17.1. The molecule has 1 spiro atoms. The van der Waals surface area contributed by atoms with Crippen LogP contribution < -0.4 is 14.2 Å². The van der Waals surface area contributed by atoms with E-state index in [4.69, 9.17) is 18.9 Å². The number of benzene rings is 2. The summed E-state index contributed by atoms with van der Waals surface area (Å²) in [4.78, 5) is 16.7. The molecule has 9 rings (SSSR count). The minimum Gasteiger partial charge on any atom is -0.497 e. The number of rotatable bonds is 3. The zero-order valence-electron chi connectivity index (χ0n) is 27.6. The van der Waals surface area contributed by atoms with Gasteiger partial charge in [0.15, 0.2) is 17.6 Å². The van der Waals surface area contributed by atoms with Gasteiger partial charge in [-0.1, -0.05) is 25.0 Å². The van der Waals surface area contributed by atoms with Gasteiger partial charge >= 0.3 is 5.97 Å². The van der Waals surface area contributed by atoms with Gasteiger partial charge in [0, 0.05) is 35.4 Å². The van der Waals surface area contributed by atoms with Crippen LogP contribution in [0.5, 0.6) is 17.2 Å². The van der Waals surface area contributed by atoms with E-state index in [1.807, 2.05) is 6.07 Å². The largest absolute Gasteiger partial charge is 0.497 e. The van der Waals surface area contributed by atoms with Crippen molar-refractivity contribution in [2.75, 3.05) is 41.4 Å². The van der Waals surface area contributed by atoms with Crippen molar-refractivity contribution in [2.24, 2.45) is 11.8 Å². The van der Waals surface area contributed by atoms with Gasteiger partial charge < -0.3 is 28.7 Å². The maximum atomic E-state index is 11.6. The van der Waals surface area contributed by atoms with E-state index in [9.17, 15) is 4.79 Å². The van der Waals surface area contributed by atoms with Crippen LogP contribution in [0.15, 0.2) is 42.2 Å². The van der Waals surface area contributed by atoms with Crippen LogP contribution in [-0.4, -0.2) is 75.4 Å². The number of allylic oxidation sites excluding steroid dienone is 1. The maximum Gasteiger partial charge on any atom is 0.307 e. The molecule has 2 saturated heterocycles. The fraction of sp³-hybridized carbons (Fsp3) is 0.605. The van der Waals surface area contributed by atoms with Crippen molar-refractivity contribution >= 4 is 5.97 Å². The van der Waals surface area contributed by atoms with Gasteiger partial charge in [0.05, 0.1) is 14.2 Å². The lowest BCUT2D eigenvalue weighted by atomic mass is 9.52. The predicted molar refractivity (Wildman–Crippen MR) is 173 cm³/mol. The number of nitrogens with zero attached hydrogens (tertiary/aromatic N) is 2. The van der Waals surface area contributed by atoms with E-state index in [1.165, 1.54) is 63.1 Å². The second kappa shape index (κ2) is 10.8. The van der Waals surface area contributed by atoms with Crippen LogP contribution in [0.3, 0.4) is 0 Å². The molecule has 45 heavy (non-hydrogen) atoms. The van der Waals surface area contributed by atoms with Crippen molar-refractivity contribution in [1.82, 2.24) is 9.80 Å². The fourth-order valence-corrected chi connectivity index (χ4v) is 11.0. The molecule has 3 heterocycles. The SMILES string of the molecule is COc1ccc2c(c1)[C@]13CCCC[C@@H]1[C@H](C2)N(C)CC3.COc1ccc2c3c1O[C@H]1C(OC(C)=O)=CC[C@H]4[C@@H](C2)N(C)CC[C@]314. The number of fused-ring (bicyclic) bond motifs is 1. The third-order valence-corrected chi connectivity index (χ3v) is 13.0. The second-order valence-corrected chi connectivity index (χ2v) is 14.7. The van der Waals surface area contributed by atoms with Crippen molar-refractivity contribution < 1.29 is 23.7 Å². The molecule has 0 radical (unpaired) electrons. The van der Waals surface area contributed by atoms with E-state index >= 15 is 0 Å². The number of methoxy groups -OCH3 is 2. The molecule has 7 atom stereocenters. The van der Waals surface area contributed by atoms with Crippen LogP contribution in [0.1, 0.15) is 74.1 Å². The highest BCUT2D eigenvalue weighted by molar-refractivity contribution is 5.69. The highest BCUT2D eigenvalue weighted by Gasteiger charge is 2.64. The van der Waals surface area contributed by atoms with Crippen LogP contribution in [0.25, 0.3) is 0 Å². The Hall–Kier alpha value is -3.03. The Morgan fingerprint density at radius 1 is 0.911 bits per heavy atom. The van der Waals surface area contributed by atoms with E-state index in [2.05, 4.69) is 54.2 Å². The first-order chi connectivity index (χ1) is 21.8. The number of carbonyl (C=O) groups is 1. The summed E-state index contributed by atoms with van der Waals surface area (Å²) < 4.78 is 23.1. The average Bonchev–Trinajstić information content (AvgIpc) is 3.41. The van der Waals surface area contributed by atoms with Crippen molar-refractivity contribution in [1.29, 1.82) is 0 Å². The molecule has 0 N–H and O–H groups in total. The molecule has 0 unspecified atom stereocenters. The van der Waals surface area contributed by atoms with Crippen molar-refractivity contribution in [2.45, 2.75) is 93.7 Å². The number of likely N-dealkylation sites (tertiary alicyclic amines) is 2. The first-order valence-electron chi connectivity index (χ1n) is 17.1. The molecule has 7 heteroatoms. The summed E-state index contributed by atoms with van der Waals surface area (Å²) in [5.74, 6) is 4.43. The number of esters is 1. The van der Waals surface area contributed by atoms with E-state index in [1.54, 1.807) is 25.3 Å². The summed E-state index contributed by atoms with van der Waals surface area (Å²) in [5.41, 5.74) is 6.23. The van der Waals surface area contributed by atoms with Gasteiger partial charge in [0.25, 0.3) is 0 Å². The molecular formula is C38H48N2O5. The quantitative estimate of drug-likeness (QED) is 0.406. The summed E-state index contributed by atoms with van der Waals surface area (Å²) in [6, 6.07) is 12.3. The third-order valence-electron chi connectivity index (χ3n) is 13.0. The maximum absolute atomic E-state index is 11.6. The molecule has 2 aromatic carbocycles. The summed E-state index contributed by atoms with van der Waals surface area (Å²) in [7, 11) is 8.03. The van der Waals surface area contributed by atoms with Crippen LogP contribution in [-0.2, 0) is 33.2 Å². The minimum atomic E-state index is -0.284. The Labute approximate surface area is 267 Å². The number of piperidine rings is 2. The standard InChI is InChI=1S/C20H23NO4.C18H25NO/c1-11(22)24-16-7-5-13-14-10-12-4-6-15(23-3)18-17(12)20(13,19(16)25-18)8-9-21(14)2;1-19-10-9-18-8-4-3-5-15(18)17(19)11-13-6-7-14(20-2)12-16(13)18/h4,6-7,13-14,19H,5,8-10H2,1-3H3;6-7,12,15,17H,3-5,8-11H2,1-2H3/t13-,14+,19-,20-;15-,17+,18+/m01/s1. The number of hydrogen-bond acceptors (Lipinski definition) is 7. The van der Waals surface area contributed by atoms with E-state index in [-0.39, 0.29) is 17.5 Å². The molecule has 0 amide bonds. The predicted octanol–water partition coefficient (Wildman–Crippen LogP) is 5.80. The lowest BCUT2D eigenvalue weighted by Gasteiger charge is -2.58. The second-order valence-electron chi connectivity index (χ2n) is 14.7. The molecule has 240 valence electrons. The van der Waals surface area contributed by atoms with Crippen LogP contribution in [0.4, 0.5) is 0 Å². The molecule has 2 aromatic rings. The first kappa shape index (κ1) is 29.4. The van der Waals surface area contributed by atoms with Gasteiger partial charge in [0.1, 0.15) is 11.5 Å². The Morgan fingerprint density at radius 2 is 1.67 bits per heavy atom. The van der Waals surface area contributed by atoms with Crippen molar-refractivity contribution in [3.05, 3.63) is 64.4 Å². The Kier molecular flexibility index (Phi) is 7.03. The van der Waals surface area contributed by atoms with Gasteiger partial charge in [0.2, 0.25) is 0 Å². The number of hydrogen-bond donors (Lipinski definition) is 0. The number of likely N-dealkylation sites (N-methyl/N-ethyl adjacent to an activating group) is 2. The van der Waals surface area contributed by atoms with Gasteiger partial charge in [-0.25, -0.2) is 0 Å². The molecule has 3 fully saturated rings. The van der Waals surface area contributed by atoms with E-state index in [0.717, 1.165) is 55.0 Å². The van der Waals surface area contributed by atoms with Gasteiger partial charge in [-0.05, 0) is 125 Å². The zero-order chi connectivity index (χ0) is 31.1. The fourth-order valence-electron chi connectivity index (χ4n) is 11.0.